The van der Waals surface area contributed by atoms with Gasteiger partial charge in [-0.3, -0.25) is 9.59 Å². The first-order valence-electron chi connectivity index (χ1n) is 7.87. The van der Waals surface area contributed by atoms with E-state index in [-0.39, 0.29) is 30.1 Å². The molecule has 6 nitrogen and oxygen atoms in total. The summed E-state index contributed by atoms with van der Waals surface area (Å²) in [6.45, 7) is 11.6. The fourth-order valence-electron chi connectivity index (χ4n) is 2.42. The SMILES string of the molecule is CCOC(=O)C1CCOCC1.[C-]#[N+]CC(=O)C1CCOCC1. The molecule has 6 heteroatoms. The lowest BCUT2D eigenvalue weighted by Crippen LogP contribution is -2.25. The van der Waals surface area contributed by atoms with E-state index < -0.39 is 0 Å². The average Bonchev–Trinajstić information content (AvgIpc) is 2.57. The number of ketones is 1. The second-order valence-corrected chi connectivity index (χ2v) is 5.31. The Balaban J connectivity index is 0.000000220. The predicted octanol–water partition coefficient (Wildman–Crippen LogP) is 1.88. The molecule has 0 unspecified atom stereocenters. The number of hydrogen-bond acceptors (Lipinski definition) is 5. The van der Waals surface area contributed by atoms with E-state index >= 15 is 0 Å². The smallest absolute Gasteiger partial charge is 0.309 e. The van der Waals surface area contributed by atoms with E-state index in [0.29, 0.717) is 33.0 Å². The molecule has 0 aromatic rings. The summed E-state index contributed by atoms with van der Waals surface area (Å²) in [7, 11) is 0. The Hall–Kier alpha value is -1.45. The number of carbonyl (C=O) groups excluding carboxylic acids is 2. The van der Waals surface area contributed by atoms with E-state index in [4.69, 9.17) is 20.8 Å². The van der Waals surface area contributed by atoms with Crippen LogP contribution in [-0.4, -0.2) is 51.3 Å². The van der Waals surface area contributed by atoms with E-state index in [2.05, 4.69) is 4.85 Å². The highest BCUT2D eigenvalue weighted by Crippen LogP contribution is 2.16. The Morgan fingerprint density at radius 3 is 2.00 bits per heavy atom. The third-order valence-corrected chi connectivity index (χ3v) is 3.75. The molecule has 2 rings (SSSR count). The van der Waals surface area contributed by atoms with Crippen LogP contribution in [0.2, 0.25) is 0 Å². The van der Waals surface area contributed by atoms with Crippen molar-refractivity contribution >= 4 is 11.8 Å². The lowest BCUT2D eigenvalue weighted by molar-refractivity contribution is -0.151. The molecule has 0 bridgehead atoms. The third-order valence-electron chi connectivity index (χ3n) is 3.75. The number of carbonyl (C=O) groups is 2. The lowest BCUT2D eigenvalue weighted by Gasteiger charge is -2.19. The number of Topliss-reactive ketones (excluding diaryl/α,β-unsaturated/α-hetero) is 1. The van der Waals surface area contributed by atoms with Gasteiger partial charge in [0.1, 0.15) is 0 Å². The topological polar surface area (TPSA) is 66.2 Å². The van der Waals surface area contributed by atoms with E-state index in [0.717, 1.165) is 25.7 Å². The molecule has 2 heterocycles. The van der Waals surface area contributed by atoms with Gasteiger partial charge in [-0.15, -0.1) is 0 Å². The van der Waals surface area contributed by atoms with E-state index in [9.17, 15) is 9.59 Å². The van der Waals surface area contributed by atoms with Crippen LogP contribution in [0.3, 0.4) is 0 Å². The van der Waals surface area contributed by atoms with Gasteiger partial charge in [0.15, 0.2) is 0 Å². The van der Waals surface area contributed by atoms with Crippen LogP contribution < -0.4 is 0 Å². The minimum atomic E-state index is -0.0594. The molecule has 22 heavy (non-hydrogen) atoms. The monoisotopic (exact) mass is 311 g/mol. The summed E-state index contributed by atoms with van der Waals surface area (Å²) in [4.78, 5) is 25.3. The van der Waals surface area contributed by atoms with Gasteiger partial charge in [-0.25, -0.2) is 6.57 Å². The van der Waals surface area contributed by atoms with Crippen LogP contribution >= 0.6 is 0 Å². The predicted molar refractivity (Wildman–Crippen MR) is 80.2 cm³/mol. The van der Waals surface area contributed by atoms with E-state index in [1.54, 1.807) is 0 Å². The molecule has 0 amide bonds. The molecule has 0 saturated carbocycles. The molecule has 0 N–H and O–H groups in total. The maximum absolute atomic E-state index is 11.1. The van der Waals surface area contributed by atoms with Gasteiger partial charge in [0, 0.05) is 32.3 Å². The molecular weight excluding hydrogens is 286 g/mol. The minimum absolute atomic E-state index is 0.0463. The first kappa shape index (κ1) is 18.6. The van der Waals surface area contributed by atoms with Crippen molar-refractivity contribution in [2.45, 2.75) is 32.6 Å². The Labute approximate surface area is 131 Å². The van der Waals surface area contributed by atoms with Crippen LogP contribution in [0.5, 0.6) is 0 Å². The zero-order valence-corrected chi connectivity index (χ0v) is 13.2. The van der Waals surface area contributed by atoms with Gasteiger partial charge in [0.25, 0.3) is 6.54 Å². The molecule has 0 radical (unpaired) electrons. The van der Waals surface area contributed by atoms with Crippen molar-refractivity contribution in [1.29, 1.82) is 0 Å². The summed E-state index contributed by atoms with van der Waals surface area (Å²) in [6, 6.07) is 0. The summed E-state index contributed by atoms with van der Waals surface area (Å²) in [5.41, 5.74) is 0. The van der Waals surface area contributed by atoms with Crippen LogP contribution in [0.4, 0.5) is 0 Å². The fraction of sp³-hybridized carbons (Fsp3) is 0.812. The first-order valence-corrected chi connectivity index (χ1v) is 7.87. The zero-order chi connectivity index (χ0) is 16.2. The molecule has 2 fully saturated rings. The van der Waals surface area contributed by atoms with E-state index in [1.165, 1.54) is 0 Å². The van der Waals surface area contributed by atoms with Gasteiger partial charge in [-0.1, -0.05) is 0 Å². The Kier molecular flexibility index (Phi) is 9.44. The van der Waals surface area contributed by atoms with Crippen molar-refractivity contribution in [2.24, 2.45) is 11.8 Å². The molecule has 2 aliphatic rings. The van der Waals surface area contributed by atoms with Gasteiger partial charge in [0.2, 0.25) is 5.78 Å². The average molecular weight is 311 g/mol. The molecule has 0 atom stereocenters. The van der Waals surface area contributed by atoms with Crippen molar-refractivity contribution in [3.63, 3.8) is 0 Å². The standard InChI is InChI=1S/C8H11NO2.C8H14O3/c1-9-6-8(10)7-2-4-11-5-3-7;1-2-11-8(9)7-3-5-10-6-4-7/h7H,2-6H2;7H,2-6H2,1H3. The molecule has 124 valence electrons. The third kappa shape index (κ3) is 7.01. The van der Waals surface area contributed by atoms with Crippen LogP contribution in [0.25, 0.3) is 4.85 Å². The van der Waals surface area contributed by atoms with Gasteiger partial charge < -0.3 is 19.1 Å². The fourth-order valence-corrected chi connectivity index (χ4v) is 2.42. The van der Waals surface area contributed by atoms with Crippen molar-refractivity contribution in [3.05, 3.63) is 11.4 Å². The number of ether oxygens (including phenoxy) is 3. The maximum Gasteiger partial charge on any atom is 0.309 e. The molecular formula is C16H25NO5. The second kappa shape index (κ2) is 11.2. The Morgan fingerprint density at radius 1 is 1.05 bits per heavy atom. The summed E-state index contributed by atoms with van der Waals surface area (Å²) in [5, 5.41) is 0. The quantitative estimate of drug-likeness (QED) is 0.586. The minimum Gasteiger partial charge on any atom is -0.466 e. The molecule has 2 saturated heterocycles. The van der Waals surface area contributed by atoms with Crippen molar-refractivity contribution < 1.29 is 23.8 Å². The summed E-state index contributed by atoms with van der Waals surface area (Å²) in [5.74, 6) is 0.209. The van der Waals surface area contributed by atoms with Crippen molar-refractivity contribution in [2.75, 3.05) is 39.6 Å². The highest BCUT2D eigenvalue weighted by Gasteiger charge is 2.23. The zero-order valence-electron chi connectivity index (χ0n) is 13.2. The Bertz CT molecular complexity index is 378. The van der Waals surface area contributed by atoms with Gasteiger partial charge in [-0.05, 0) is 32.6 Å². The molecule has 0 spiro atoms. The van der Waals surface area contributed by atoms with E-state index in [1.807, 2.05) is 6.92 Å². The van der Waals surface area contributed by atoms with Gasteiger partial charge in [0.05, 0.1) is 12.5 Å². The largest absolute Gasteiger partial charge is 0.466 e. The number of hydrogen-bond donors (Lipinski definition) is 0. The van der Waals surface area contributed by atoms with Crippen molar-refractivity contribution in [1.82, 2.24) is 0 Å². The number of nitrogens with zero attached hydrogens (tertiary/aromatic N) is 1. The van der Waals surface area contributed by atoms with Crippen LogP contribution in [0.1, 0.15) is 32.6 Å². The first-order chi connectivity index (χ1) is 10.7. The molecule has 0 aromatic heterocycles. The normalized spacial score (nSPS) is 19.5. The highest BCUT2D eigenvalue weighted by atomic mass is 16.5. The summed E-state index contributed by atoms with van der Waals surface area (Å²) in [6.07, 6.45) is 3.24. The highest BCUT2D eigenvalue weighted by molar-refractivity contribution is 5.84. The van der Waals surface area contributed by atoms with Crippen LogP contribution in [0.15, 0.2) is 0 Å². The molecule has 0 aromatic carbocycles. The number of rotatable bonds is 4. The van der Waals surface area contributed by atoms with Gasteiger partial charge in [-0.2, -0.15) is 0 Å². The summed E-state index contributed by atoms with van der Waals surface area (Å²) >= 11 is 0. The Morgan fingerprint density at radius 2 is 1.55 bits per heavy atom. The number of esters is 1. The summed E-state index contributed by atoms with van der Waals surface area (Å²) < 4.78 is 15.1. The van der Waals surface area contributed by atoms with Gasteiger partial charge >= 0.3 is 5.97 Å². The van der Waals surface area contributed by atoms with Crippen molar-refractivity contribution in [3.8, 4) is 0 Å². The molecule has 0 aliphatic carbocycles. The van der Waals surface area contributed by atoms with Crippen LogP contribution in [-0.2, 0) is 23.8 Å². The lowest BCUT2D eigenvalue weighted by atomic mass is 9.95. The molecule has 2 aliphatic heterocycles. The maximum atomic E-state index is 11.1. The second-order valence-electron chi connectivity index (χ2n) is 5.31. The van der Waals surface area contributed by atoms with Crippen LogP contribution in [0, 0.1) is 18.4 Å².